The third-order valence-corrected chi connectivity index (χ3v) is 14.5. The quantitative estimate of drug-likeness (QED) is 0.168. The predicted octanol–water partition coefficient (Wildman–Crippen LogP) is 15.3. The van der Waals surface area contributed by atoms with E-state index in [1.54, 1.807) is 0 Å². The van der Waals surface area contributed by atoms with Gasteiger partial charge >= 0.3 is 0 Å². The van der Waals surface area contributed by atoms with Gasteiger partial charge in [0.15, 0.2) is 11.6 Å². The standard InChI is InChI=1S/C60H49N5/c1-38-37-59(2,3)50-27-17-26-45(55(50)60(38,4)5)43-22-16-23-44(34-43)64-51-28-14-12-24-46(51)48-35-49-47-25-13-15-29-52(47)65(54(49)36-53(48)64)58-62-56(41-20-10-7-11-21-41)61-57(63-58)42-32-30-40(31-33-42)39-18-8-6-9-19-39/h6-36,38H,37H2,1-5H3. The van der Waals surface area contributed by atoms with Crippen LogP contribution >= 0.6 is 0 Å². The molecule has 12 rings (SSSR count). The van der Waals surface area contributed by atoms with Crippen LogP contribution in [0.25, 0.3) is 100 Å². The van der Waals surface area contributed by atoms with E-state index >= 15 is 0 Å². The number of para-hydroxylation sites is 2. The molecule has 1 aliphatic carbocycles. The van der Waals surface area contributed by atoms with Crippen molar-refractivity contribution in [1.29, 1.82) is 0 Å². The molecular formula is C60H49N5. The lowest BCUT2D eigenvalue weighted by Gasteiger charge is -2.47. The zero-order valence-electron chi connectivity index (χ0n) is 37.4. The van der Waals surface area contributed by atoms with Crippen molar-refractivity contribution in [3.63, 3.8) is 0 Å². The molecule has 0 amide bonds. The van der Waals surface area contributed by atoms with Crippen LogP contribution in [0.4, 0.5) is 0 Å². The van der Waals surface area contributed by atoms with Crippen LogP contribution in [0.5, 0.6) is 0 Å². The lowest BCUT2D eigenvalue weighted by Crippen LogP contribution is -2.40. The van der Waals surface area contributed by atoms with Crippen LogP contribution in [0.2, 0.25) is 0 Å². The highest BCUT2D eigenvalue weighted by molar-refractivity contribution is 6.19. The molecule has 314 valence electrons. The van der Waals surface area contributed by atoms with Crippen molar-refractivity contribution in [2.75, 3.05) is 0 Å². The molecule has 5 heteroatoms. The van der Waals surface area contributed by atoms with Gasteiger partial charge in [-0.3, -0.25) is 4.57 Å². The van der Waals surface area contributed by atoms with Crippen LogP contribution in [0.15, 0.2) is 188 Å². The highest BCUT2D eigenvalue weighted by Crippen LogP contribution is 2.52. The van der Waals surface area contributed by atoms with Gasteiger partial charge < -0.3 is 4.57 Å². The Morgan fingerprint density at radius 3 is 1.63 bits per heavy atom. The van der Waals surface area contributed by atoms with Gasteiger partial charge in [-0.15, -0.1) is 0 Å². The van der Waals surface area contributed by atoms with Crippen molar-refractivity contribution < 1.29 is 0 Å². The first kappa shape index (κ1) is 39.0. The first-order valence-electron chi connectivity index (χ1n) is 22.8. The van der Waals surface area contributed by atoms with Gasteiger partial charge in [-0.2, -0.15) is 9.97 Å². The van der Waals surface area contributed by atoms with Crippen LogP contribution < -0.4 is 0 Å². The molecule has 3 aromatic heterocycles. The number of hydrogen-bond acceptors (Lipinski definition) is 3. The van der Waals surface area contributed by atoms with E-state index in [1.807, 2.05) is 24.3 Å². The molecule has 1 unspecified atom stereocenters. The zero-order valence-corrected chi connectivity index (χ0v) is 37.4. The summed E-state index contributed by atoms with van der Waals surface area (Å²) < 4.78 is 4.69. The second-order valence-electron chi connectivity index (χ2n) is 19.2. The van der Waals surface area contributed by atoms with Gasteiger partial charge in [0.25, 0.3) is 0 Å². The third kappa shape index (κ3) is 6.24. The fourth-order valence-electron chi connectivity index (χ4n) is 10.9. The Bertz CT molecular complexity index is 3630. The number of rotatable bonds is 6. The maximum atomic E-state index is 5.32. The van der Waals surface area contributed by atoms with Gasteiger partial charge in [0.05, 0.1) is 22.1 Å². The minimum atomic E-state index is 0.0319. The van der Waals surface area contributed by atoms with Gasteiger partial charge in [0.2, 0.25) is 5.95 Å². The van der Waals surface area contributed by atoms with Crippen LogP contribution in [0.3, 0.4) is 0 Å². The van der Waals surface area contributed by atoms with E-state index in [9.17, 15) is 0 Å². The average Bonchev–Trinajstić information content (AvgIpc) is 3.85. The number of hydrogen-bond donors (Lipinski definition) is 0. The first-order chi connectivity index (χ1) is 31.6. The topological polar surface area (TPSA) is 48.5 Å². The van der Waals surface area contributed by atoms with E-state index in [1.165, 1.54) is 50.5 Å². The lowest BCUT2D eigenvalue weighted by atomic mass is 9.57. The van der Waals surface area contributed by atoms with Gasteiger partial charge in [-0.1, -0.05) is 186 Å². The molecular weight excluding hydrogens is 791 g/mol. The maximum Gasteiger partial charge on any atom is 0.238 e. The fraction of sp³-hybridized carbons (Fsp3) is 0.150. The van der Waals surface area contributed by atoms with Crippen molar-refractivity contribution in [3.8, 4) is 56.7 Å². The summed E-state index contributed by atoms with van der Waals surface area (Å²) in [6, 6.07) is 67.6. The minimum Gasteiger partial charge on any atom is -0.309 e. The minimum absolute atomic E-state index is 0.0319. The summed E-state index contributed by atoms with van der Waals surface area (Å²) in [5.74, 6) is 2.37. The first-order valence-corrected chi connectivity index (χ1v) is 22.8. The SMILES string of the molecule is CC1CC(C)(C)c2cccc(-c3cccc(-n4c5ccccc5c5cc6c7ccccc7n(-c7nc(-c8ccccc8)nc(-c8ccc(-c9ccccc9)cc8)n7)c6cc54)c3)c2C1(C)C. The van der Waals surface area contributed by atoms with Gasteiger partial charge in [0.1, 0.15) is 0 Å². The Labute approximate surface area is 379 Å². The summed E-state index contributed by atoms with van der Waals surface area (Å²) in [5, 5.41) is 4.71. The molecule has 0 aliphatic heterocycles. The lowest BCUT2D eigenvalue weighted by molar-refractivity contribution is 0.234. The molecule has 0 N–H and O–H groups in total. The maximum absolute atomic E-state index is 5.32. The highest BCUT2D eigenvalue weighted by atomic mass is 15.2. The molecule has 3 heterocycles. The molecule has 65 heavy (non-hydrogen) atoms. The molecule has 5 nitrogen and oxygen atoms in total. The average molecular weight is 840 g/mol. The van der Waals surface area contributed by atoms with E-state index in [4.69, 9.17) is 15.0 Å². The smallest absolute Gasteiger partial charge is 0.238 e. The molecule has 0 saturated carbocycles. The van der Waals surface area contributed by atoms with Crippen molar-refractivity contribution in [3.05, 3.63) is 199 Å². The number of nitrogens with zero attached hydrogens (tertiary/aromatic N) is 5. The van der Waals surface area contributed by atoms with Crippen LogP contribution in [0, 0.1) is 5.92 Å². The molecule has 0 saturated heterocycles. The van der Waals surface area contributed by atoms with Crippen LogP contribution in [-0.4, -0.2) is 24.1 Å². The van der Waals surface area contributed by atoms with Crippen molar-refractivity contribution >= 4 is 43.6 Å². The number of aromatic nitrogens is 5. The summed E-state index contributed by atoms with van der Waals surface area (Å²) in [4.78, 5) is 15.7. The molecule has 1 atom stereocenters. The Kier molecular flexibility index (Phi) is 8.83. The van der Waals surface area contributed by atoms with E-state index in [0.717, 1.165) is 49.7 Å². The van der Waals surface area contributed by atoms with E-state index in [0.29, 0.717) is 23.5 Å². The van der Waals surface area contributed by atoms with Crippen LogP contribution in [0.1, 0.15) is 52.2 Å². The van der Waals surface area contributed by atoms with E-state index in [2.05, 4.69) is 208 Å². The molecule has 0 fully saturated rings. The fourth-order valence-corrected chi connectivity index (χ4v) is 10.9. The van der Waals surface area contributed by atoms with Crippen molar-refractivity contribution in [1.82, 2.24) is 24.1 Å². The van der Waals surface area contributed by atoms with E-state index in [-0.39, 0.29) is 10.8 Å². The Balaban J connectivity index is 1.09. The van der Waals surface area contributed by atoms with Crippen molar-refractivity contribution in [2.24, 2.45) is 5.92 Å². The zero-order chi connectivity index (χ0) is 44.0. The van der Waals surface area contributed by atoms with E-state index < -0.39 is 0 Å². The highest BCUT2D eigenvalue weighted by Gasteiger charge is 2.43. The molecule has 0 bridgehead atoms. The molecule has 11 aromatic rings. The molecule has 1 aliphatic rings. The normalized spacial score (nSPS) is 15.5. The molecule has 0 radical (unpaired) electrons. The predicted molar refractivity (Wildman–Crippen MR) is 270 cm³/mol. The monoisotopic (exact) mass is 839 g/mol. The Morgan fingerprint density at radius 2 is 0.954 bits per heavy atom. The Hall–Kier alpha value is -7.63. The van der Waals surface area contributed by atoms with Crippen LogP contribution in [-0.2, 0) is 10.8 Å². The molecule has 8 aromatic carbocycles. The third-order valence-electron chi connectivity index (χ3n) is 14.5. The number of benzene rings is 8. The van der Waals surface area contributed by atoms with Gasteiger partial charge in [0, 0.05) is 38.4 Å². The second-order valence-corrected chi connectivity index (χ2v) is 19.2. The molecule has 0 spiro atoms. The van der Waals surface area contributed by atoms with Crippen molar-refractivity contribution in [2.45, 2.75) is 51.9 Å². The van der Waals surface area contributed by atoms with Gasteiger partial charge in [-0.05, 0) is 92.9 Å². The largest absolute Gasteiger partial charge is 0.309 e. The second kappa shape index (κ2) is 14.7. The number of fused-ring (bicyclic) bond motifs is 7. The summed E-state index contributed by atoms with van der Waals surface area (Å²) in [7, 11) is 0. The summed E-state index contributed by atoms with van der Waals surface area (Å²) >= 11 is 0. The van der Waals surface area contributed by atoms with Gasteiger partial charge in [-0.25, -0.2) is 4.98 Å². The summed E-state index contributed by atoms with van der Waals surface area (Å²) in [5.41, 5.74) is 15.3. The Morgan fingerprint density at radius 1 is 0.431 bits per heavy atom. The summed E-state index contributed by atoms with van der Waals surface area (Å²) in [6.45, 7) is 12.1. The summed E-state index contributed by atoms with van der Waals surface area (Å²) in [6.07, 6.45) is 1.17.